The average Bonchev–Trinajstić information content (AvgIpc) is 2.79. The smallest absolute Gasteiger partial charge is 0.334 e. The molecule has 0 aromatic carbocycles. The fourth-order valence-electron chi connectivity index (χ4n) is 5.07. The van der Waals surface area contributed by atoms with Gasteiger partial charge in [0, 0.05) is 11.5 Å². The third-order valence-electron chi connectivity index (χ3n) is 6.56. The van der Waals surface area contributed by atoms with Crippen LogP contribution in [0, 0.1) is 17.8 Å². The minimum absolute atomic E-state index is 0.0248. The van der Waals surface area contributed by atoms with Crippen LogP contribution in [0.1, 0.15) is 59.3 Å². The van der Waals surface area contributed by atoms with E-state index in [-0.39, 0.29) is 11.6 Å². The number of rotatable bonds is 3. The lowest BCUT2D eigenvalue weighted by molar-refractivity contribution is -0.136. The number of carbonyl (C=O) groups excluding carboxylic acids is 1. The van der Waals surface area contributed by atoms with Gasteiger partial charge in [0.1, 0.15) is 6.61 Å². The number of ether oxygens (including phenoxy) is 2. The Morgan fingerprint density at radius 3 is 2.83 bits per heavy atom. The molecule has 4 rings (SSSR count). The standard InChI is InChI=1S/C20H28O3/c1-12(7-10-16-20(2,3)23-16)15-9-8-13-5-4-6-14-11-22-19(21)18(14)17(13)15/h7,13,15-17H,4-6,8-11H2,1-3H3. The maximum atomic E-state index is 12.3. The van der Waals surface area contributed by atoms with Gasteiger partial charge in [0.2, 0.25) is 0 Å². The molecule has 0 aromatic rings. The summed E-state index contributed by atoms with van der Waals surface area (Å²) in [5.41, 5.74) is 3.87. The van der Waals surface area contributed by atoms with Crippen LogP contribution in [0.15, 0.2) is 22.8 Å². The number of hydrogen-bond donors (Lipinski definition) is 0. The molecule has 0 bridgehead atoms. The molecule has 1 saturated heterocycles. The minimum Gasteiger partial charge on any atom is -0.458 e. The first-order valence-electron chi connectivity index (χ1n) is 9.21. The molecule has 3 heteroatoms. The van der Waals surface area contributed by atoms with Gasteiger partial charge in [-0.1, -0.05) is 11.6 Å². The Morgan fingerprint density at radius 1 is 1.30 bits per heavy atom. The van der Waals surface area contributed by atoms with Gasteiger partial charge in [-0.2, -0.15) is 0 Å². The van der Waals surface area contributed by atoms with Crippen LogP contribution in [0.25, 0.3) is 0 Å². The summed E-state index contributed by atoms with van der Waals surface area (Å²) in [5, 5.41) is 0. The Kier molecular flexibility index (Phi) is 3.67. The second-order valence-electron chi connectivity index (χ2n) is 8.35. The summed E-state index contributed by atoms with van der Waals surface area (Å²) >= 11 is 0. The highest BCUT2D eigenvalue weighted by Crippen LogP contribution is 2.51. The van der Waals surface area contributed by atoms with Crippen LogP contribution in [0.2, 0.25) is 0 Å². The van der Waals surface area contributed by atoms with Gasteiger partial charge in [-0.05, 0) is 76.7 Å². The van der Waals surface area contributed by atoms with E-state index in [0.717, 1.165) is 18.4 Å². The van der Waals surface area contributed by atoms with Crippen molar-refractivity contribution in [1.29, 1.82) is 0 Å². The summed E-state index contributed by atoms with van der Waals surface area (Å²) in [4.78, 5) is 12.3. The van der Waals surface area contributed by atoms with E-state index in [1.54, 1.807) is 0 Å². The van der Waals surface area contributed by atoms with Crippen molar-refractivity contribution in [2.24, 2.45) is 17.8 Å². The van der Waals surface area contributed by atoms with Crippen LogP contribution in [-0.4, -0.2) is 24.3 Å². The average molecular weight is 316 g/mol. The first kappa shape index (κ1) is 15.4. The predicted octanol–water partition coefficient (Wildman–Crippen LogP) is 4.18. The summed E-state index contributed by atoms with van der Waals surface area (Å²) in [6.07, 6.45) is 9.78. The molecule has 126 valence electrons. The summed E-state index contributed by atoms with van der Waals surface area (Å²) < 4.78 is 11.1. The molecule has 4 atom stereocenters. The number of epoxide rings is 1. The van der Waals surface area contributed by atoms with Crippen molar-refractivity contribution < 1.29 is 14.3 Å². The van der Waals surface area contributed by atoms with E-state index in [9.17, 15) is 4.79 Å². The van der Waals surface area contributed by atoms with Gasteiger partial charge in [0.15, 0.2) is 0 Å². The van der Waals surface area contributed by atoms with Gasteiger partial charge in [0.05, 0.1) is 11.7 Å². The van der Waals surface area contributed by atoms with Crippen molar-refractivity contribution in [3.63, 3.8) is 0 Å². The molecule has 4 unspecified atom stereocenters. The Bertz CT molecular complexity index is 584. The Hall–Kier alpha value is -1.09. The lowest BCUT2D eigenvalue weighted by Gasteiger charge is -2.25. The number of hydrogen-bond acceptors (Lipinski definition) is 3. The molecule has 2 aliphatic carbocycles. The van der Waals surface area contributed by atoms with Crippen molar-refractivity contribution in [2.75, 3.05) is 6.61 Å². The fraction of sp³-hybridized carbons (Fsp3) is 0.750. The van der Waals surface area contributed by atoms with Crippen molar-refractivity contribution in [1.82, 2.24) is 0 Å². The minimum atomic E-state index is -0.0248. The van der Waals surface area contributed by atoms with Gasteiger partial charge in [0.25, 0.3) is 0 Å². The number of fused-ring (bicyclic) bond motifs is 2. The topological polar surface area (TPSA) is 38.8 Å². The van der Waals surface area contributed by atoms with E-state index in [1.165, 1.54) is 36.8 Å². The van der Waals surface area contributed by atoms with Crippen LogP contribution < -0.4 is 0 Å². The largest absolute Gasteiger partial charge is 0.458 e. The Morgan fingerprint density at radius 2 is 2.09 bits per heavy atom. The molecule has 0 radical (unpaired) electrons. The molecule has 0 aromatic heterocycles. The molecule has 2 heterocycles. The van der Waals surface area contributed by atoms with E-state index in [1.807, 2.05) is 0 Å². The zero-order valence-electron chi connectivity index (χ0n) is 14.6. The zero-order valence-corrected chi connectivity index (χ0v) is 14.6. The second-order valence-corrected chi connectivity index (χ2v) is 8.35. The van der Waals surface area contributed by atoms with Crippen LogP contribution >= 0.6 is 0 Å². The van der Waals surface area contributed by atoms with Gasteiger partial charge in [-0.25, -0.2) is 4.79 Å². The van der Waals surface area contributed by atoms with Crippen LogP contribution in [0.3, 0.4) is 0 Å². The van der Waals surface area contributed by atoms with E-state index in [2.05, 4.69) is 26.8 Å². The van der Waals surface area contributed by atoms with Gasteiger partial charge < -0.3 is 9.47 Å². The predicted molar refractivity (Wildman–Crippen MR) is 88.9 cm³/mol. The molecule has 2 aliphatic heterocycles. The van der Waals surface area contributed by atoms with Crippen LogP contribution in [-0.2, 0) is 14.3 Å². The highest BCUT2D eigenvalue weighted by molar-refractivity contribution is 5.92. The third kappa shape index (κ3) is 2.67. The summed E-state index contributed by atoms with van der Waals surface area (Å²) in [7, 11) is 0. The lowest BCUT2D eigenvalue weighted by Crippen LogP contribution is -2.22. The summed E-state index contributed by atoms with van der Waals surface area (Å²) in [6, 6.07) is 0. The quantitative estimate of drug-likeness (QED) is 0.445. The Labute approximate surface area is 139 Å². The first-order chi connectivity index (χ1) is 11.0. The molecule has 3 nitrogen and oxygen atoms in total. The molecule has 0 amide bonds. The first-order valence-corrected chi connectivity index (χ1v) is 9.21. The second kappa shape index (κ2) is 5.47. The van der Waals surface area contributed by atoms with Crippen molar-refractivity contribution >= 4 is 5.97 Å². The number of esters is 1. The van der Waals surface area contributed by atoms with Crippen LogP contribution in [0.4, 0.5) is 0 Å². The maximum Gasteiger partial charge on any atom is 0.334 e. The normalized spacial score (nSPS) is 38.9. The molecule has 1 saturated carbocycles. The molecule has 2 fully saturated rings. The maximum absolute atomic E-state index is 12.3. The highest BCUT2D eigenvalue weighted by Gasteiger charge is 2.48. The van der Waals surface area contributed by atoms with Crippen molar-refractivity contribution in [2.45, 2.75) is 71.0 Å². The molecule has 0 N–H and O–H groups in total. The molecular weight excluding hydrogens is 288 g/mol. The molecule has 0 spiro atoms. The fourth-order valence-corrected chi connectivity index (χ4v) is 5.07. The third-order valence-corrected chi connectivity index (χ3v) is 6.56. The summed E-state index contributed by atoms with van der Waals surface area (Å²) in [5.74, 6) is 1.58. The van der Waals surface area contributed by atoms with E-state index < -0.39 is 0 Å². The van der Waals surface area contributed by atoms with E-state index in [4.69, 9.17) is 9.47 Å². The van der Waals surface area contributed by atoms with Crippen LogP contribution in [0.5, 0.6) is 0 Å². The van der Waals surface area contributed by atoms with E-state index >= 15 is 0 Å². The SMILES string of the molecule is CC(=CCC1OC1(C)C)C1CCC2CCCC3=C(C(=O)OC3)C21. The van der Waals surface area contributed by atoms with E-state index in [0.29, 0.717) is 30.5 Å². The van der Waals surface area contributed by atoms with Gasteiger partial charge in [-0.3, -0.25) is 0 Å². The number of carbonyl (C=O) groups is 1. The highest BCUT2D eigenvalue weighted by atomic mass is 16.6. The van der Waals surface area contributed by atoms with Gasteiger partial charge >= 0.3 is 5.97 Å². The molecule has 23 heavy (non-hydrogen) atoms. The number of cyclic esters (lactones) is 1. The lowest BCUT2D eigenvalue weighted by atomic mass is 9.78. The Balaban J connectivity index is 1.56. The van der Waals surface area contributed by atoms with Crippen molar-refractivity contribution in [3.05, 3.63) is 22.8 Å². The molecule has 4 aliphatic rings. The van der Waals surface area contributed by atoms with Crippen molar-refractivity contribution in [3.8, 4) is 0 Å². The monoisotopic (exact) mass is 316 g/mol. The zero-order chi connectivity index (χ0) is 16.2. The molecular formula is C20H28O3. The van der Waals surface area contributed by atoms with Gasteiger partial charge in [-0.15, -0.1) is 0 Å². The number of allylic oxidation sites excluding steroid dienone is 1. The summed E-state index contributed by atoms with van der Waals surface area (Å²) in [6.45, 7) is 7.12.